The van der Waals surface area contributed by atoms with Crippen molar-refractivity contribution in [3.8, 4) is 0 Å². The lowest BCUT2D eigenvalue weighted by Crippen LogP contribution is -2.41. The number of nitrogens with one attached hydrogen (secondary N) is 1. The van der Waals surface area contributed by atoms with Gasteiger partial charge in [0.2, 0.25) is 10.0 Å². The highest BCUT2D eigenvalue weighted by Crippen LogP contribution is 2.31. The maximum absolute atomic E-state index is 12.8. The average molecular weight is 316 g/mol. The monoisotopic (exact) mass is 316 g/mol. The summed E-state index contributed by atoms with van der Waals surface area (Å²) in [6.07, 6.45) is 2.41. The summed E-state index contributed by atoms with van der Waals surface area (Å²) in [5.41, 5.74) is 0.856. The van der Waals surface area contributed by atoms with Crippen molar-refractivity contribution in [1.82, 2.24) is 9.62 Å². The molecule has 5 nitrogen and oxygen atoms in total. The van der Waals surface area contributed by atoms with Crippen LogP contribution in [0.15, 0.2) is 10.3 Å². The Morgan fingerprint density at radius 1 is 1.40 bits per heavy atom. The summed E-state index contributed by atoms with van der Waals surface area (Å²) < 4.78 is 32.4. The molecule has 112 valence electrons. The van der Waals surface area contributed by atoms with Gasteiger partial charge in [-0.1, -0.05) is 0 Å². The SMILES string of the molecule is Cc1csc(CNC2CC2)c1S(=O)(=O)N1CCOCC1. The van der Waals surface area contributed by atoms with Crippen LogP contribution in [0.25, 0.3) is 0 Å². The van der Waals surface area contributed by atoms with E-state index >= 15 is 0 Å². The lowest BCUT2D eigenvalue weighted by Gasteiger charge is -2.26. The quantitative estimate of drug-likeness (QED) is 0.890. The lowest BCUT2D eigenvalue weighted by molar-refractivity contribution is 0.0730. The van der Waals surface area contributed by atoms with E-state index in [1.54, 1.807) is 4.31 Å². The Balaban J connectivity index is 1.84. The molecule has 1 aliphatic heterocycles. The van der Waals surface area contributed by atoms with Crippen LogP contribution in [0.4, 0.5) is 0 Å². The first-order chi connectivity index (χ1) is 9.59. The molecule has 1 saturated carbocycles. The Morgan fingerprint density at radius 3 is 2.75 bits per heavy atom. The Labute approximate surface area is 124 Å². The molecule has 0 amide bonds. The molecule has 1 saturated heterocycles. The molecule has 7 heteroatoms. The molecule has 0 unspecified atom stereocenters. The van der Waals surface area contributed by atoms with Crippen LogP contribution in [0.5, 0.6) is 0 Å². The average Bonchev–Trinajstić information content (AvgIpc) is 3.20. The van der Waals surface area contributed by atoms with E-state index in [9.17, 15) is 8.42 Å². The number of rotatable bonds is 5. The third-order valence-electron chi connectivity index (χ3n) is 3.69. The molecule has 0 spiro atoms. The smallest absolute Gasteiger partial charge is 0.244 e. The fourth-order valence-corrected chi connectivity index (χ4v) is 5.52. The van der Waals surface area contributed by atoms with Crippen molar-refractivity contribution >= 4 is 21.4 Å². The fourth-order valence-electron chi connectivity index (χ4n) is 2.40. The Bertz CT molecular complexity index is 572. The van der Waals surface area contributed by atoms with Crippen molar-refractivity contribution in [2.24, 2.45) is 0 Å². The number of aryl methyl sites for hydroxylation is 1. The van der Waals surface area contributed by atoms with E-state index in [1.165, 1.54) is 24.2 Å². The van der Waals surface area contributed by atoms with E-state index in [0.717, 1.165) is 10.4 Å². The zero-order chi connectivity index (χ0) is 14.2. The van der Waals surface area contributed by atoms with Crippen molar-refractivity contribution < 1.29 is 13.2 Å². The van der Waals surface area contributed by atoms with Gasteiger partial charge >= 0.3 is 0 Å². The van der Waals surface area contributed by atoms with Crippen LogP contribution in [0, 0.1) is 6.92 Å². The van der Waals surface area contributed by atoms with Crippen LogP contribution in [-0.2, 0) is 21.3 Å². The summed E-state index contributed by atoms with van der Waals surface area (Å²) in [5, 5.41) is 5.35. The molecular weight excluding hydrogens is 296 g/mol. The predicted molar refractivity (Wildman–Crippen MR) is 78.5 cm³/mol. The minimum absolute atomic E-state index is 0.452. The van der Waals surface area contributed by atoms with Crippen molar-refractivity contribution in [3.63, 3.8) is 0 Å². The van der Waals surface area contributed by atoms with E-state index in [1.807, 2.05) is 12.3 Å². The van der Waals surface area contributed by atoms with Crippen LogP contribution in [0.3, 0.4) is 0 Å². The standard InChI is InChI=1S/C13H20N2O3S2/c1-10-9-19-12(8-14-11-2-3-11)13(10)20(16,17)15-4-6-18-7-5-15/h9,11,14H,2-8H2,1H3. The zero-order valence-electron chi connectivity index (χ0n) is 11.6. The van der Waals surface area contributed by atoms with Crippen LogP contribution in [0.2, 0.25) is 0 Å². The largest absolute Gasteiger partial charge is 0.379 e. The molecule has 1 N–H and O–H groups in total. The number of ether oxygens (including phenoxy) is 1. The first kappa shape index (κ1) is 14.5. The van der Waals surface area contributed by atoms with Gasteiger partial charge in [0.15, 0.2) is 0 Å². The number of hydrogen-bond donors (Lipinski definition) is 1. The molecule has 2 aliphatic rings. The molecule has 1 aliphatic carbocycles. The maximum atomic E-state index is 12.8. The van der Waals surface area contributed by atoms with Gasteiger partial charge in [-0.3, -0.25) is 0 Å². The van der Waals surface area contributed by atoms with Gasteiger partial charge in [0.1, 0.15) is 4.90 Å². The van der Waals surface area contributed by atoms with E-state index in [4.69, 9.17) is 4.74 Å². The summed E-state index contributed by atoms with van der Waals surface area (Å²) >= 11 is 1.54. The topological polar surface area (TPSA) is 58.6 Å². The van der Waals surface area contributed by atoms with Gasteiger partial charge in [0.25, 0.3) is 0 Å². The van der Waals surface area contributed by atoms with Crippen LogP contribution in [0.1, 0.15) is 23.3 Å². The number of morpholine rings is 1. The Hall–Kier alpha value is -0.470. The van der Waals surface area contributed by atoms with Gasteiger partial charge in [-0.05, 0) is 30.7 Å². The number of sulfonamides is 1. The van der Waals surface area contributed by atoms with Crippen molar-refractivity contribution in [2.75, 3.05) is 26.3 Å². The molecule has 1 aromatic heterocycles. The molecule has 0 atom stereocenters. The van der Waals surface area contributed by atoms with Crippen LogP contribution < -0.4 is 5.32 Å². The van der Waals surface area contributed by atoms with Gasteiger partial charge in [0, 0.05) is 30.6 Å². The number of nitrogens with zero attached hydrogens (tertiary/aromatic N) is 1. The second-order valence-corrected chi connectivity index (χ2v) is 8.18. The third-order valence-corrected chi connectivity index (χ3v) is 7.05. The van der Waals surface area contributed by atoms with Gasteiger partial charge in [-0.15, -0.1) is 11.3 Å². The summed E-state index contributed by atoms with van der Waals surface area (Å²) in [5.74, 6) is 0. The van der Waals surface area contributed by atoms with E-state index in [2.05, 4.69) is 5.32 Å². The normalized spacial score (nSPS) is 21.2. The number of hydrogen-bond acceptors (Lipinski definition) is 5. The predicted octanol–water partition coefficient (Wildman–Crippen LogP) is 1.33. The Morgan fingerprint density at radius 2 is 2.10 bits per heavy atom. The first-order valence-electron chi connectivity index (χ1n) is 6.97. The molecule has 2 fully saturated rings. The van der Waals surface area contributed by atoms with Crippen molar-refractivity contribution in [2.45, 2.75) is 37.2 Å². The minimum atomic E-state index is -3.38. The minimum Gasteiger partial charge on any atom is -0.379 e. The molecule has 3 rings (SSSR count). The second-order valence-electron chi connectivity index (χ2n) is 5.34. The fraction of sp³-hybridized carbons (Fsp3) is 0.692. The molecule has 0 radical (unpaired) electrons. The zero-order valence-corrected chi connectivity index (χ0v) is 13.2. The van der Waals surface area contributed by atoms with Crippen LogP contribution in [-0.4, -0.2) is 45.1 Å². The number of thiophene rings is 1. The molecule has 0 aromatic carbocycles. The van der Waals surface area contributed by atoms with Gasteiger partial charge < -0.3 is 10.1 Å². The third kappa shape index (κ3) is 2.92. The van der Waals surface area contributed by atoms with E-state index in [-0.39, 0.29) is 0 Å². The highest BCUT2D eigenvalue weighted by atomic mass is 32.2. The molecular formula is C13H20N2O3S2. The summed E-state index contributed by atoms with van der Waals surface area (Å²) in [6.45, 7) is 4.41. The Kier molecular flexibility index (Phi) is 4.14. The second kappa shape index (κ2) is 5.73. The van der Waals surface area contributed by atoms with Gasteiger partial charge in [-0.2, -0.15) is 4.31 Å². The summed E-state index contributed by atoms with van der Waals surface area (Å²) in [4.78, 5) is 1.44. The molecule has 2 heterocycles. The van der Waals surface area contributed by atoms with Crippen molar-refractivity contribution in [3.05, 3.63) is 15.8 Å². The van der Waals surface area contributed by atoms with Crippen molar-refractivity contribution in [1.29, 1.82) is 0 Å². The van der Waals surface area contributed by atoms with Gasteiger partial charge in [-0.25, -0.2) is 8.42 Å². The summed E-state index contributed by atoms with van der Waals surface area (Å²) in [6, 6.07) is 0.580. The molecule has 1 aromatic rings. The van der Waals surface area contributed by atoms with E-state index in [0.29, 0.717) is 43.8 Å². The highest BCUT2D eigenvalue weighted by Gasteiger charge is 2.31. The molecule has 0 bridgehead atoms. The summed E-state index contributed by atoms with van der Waals surface area (Å²) in [7, 11) is -3.38. The molecule has 20 heavy (non-hydrogen) atoms. The van der Waals surface area contributed by atoms with E-state index < -0.39 is 10.0 Å². The van der Waals surface area contributed by atoms with Gasteiger partial charge in [0.05, 0.1) is 13.2 Å². The maximum Gasteiger partial charge on any atom is 0.244 e. The highest BCUT2D eigenvalue weighted by molar-refractivity contribution is 7.89. The van der Waals surface area contributed by atoms with Crippen LogP contribution >= 0.6 is 11.3 Å². The lowest BCUT2D eigenvalue weighted by atomic mass is 10.3. The first-order valence-corrected chi connectivity index (χ1v) is 9.29.